The number of carbonyl (C=O) groups is 3. The highest BCUT2D eigenvalue weighted by Crippen LogP contribution is 2.17. The van der Waals surface area contributed by atoms with Crippen LogP contribution in [0.1, 0.15) is 272 Å². The summed E-state index contributed by atoms with van der Waals surface area (Å²) in [6.45, 7) is 11.3. The van der Waals surface area contributed by atoms with E-state index in [1.807, 2.05) is 0 Å². The zero-order valence-electron chi connectivity index (χ0n) is 38.3. The summed E-state index contributed by atoms with van der Waals surface area (Å²) in [7, 11) is 0. The first kappa shape index (κ1) is 54.4. The second-order valence-electron chi connectivity index (χ2n) is 18.1. The molecule has 0 radical (unpaired) electrons. The fourth-order valence-electron chi connectivity index (χ4n) is 7.46. The van der Waals surface area contributed by atoms with E-state index < -0.39 is 6.10 Å². The monoisotopic (exact) mass is 793 g/mol. The first-order chi connectivity index (χ1) is 27.2. The summed E-state index contributed by atoms with van der Waals surface area (Å²) in [5.41, 5.74) is 0. The minimum atomic E-state index is -0.761. The number of esters is 3. The summed E-state index contributed by atoms with van der Waals surface area (Å²) in [4.78, 5) is 37.8. The van der Waals surface area contributed by atoms with Crippen LogP contribution in [0, 0.1) is 11.8 Å². The van der Waals surface area contributed by atoms with Crippen molar-refractivity contribution >= 4 is 17.9 Å². The molecule has 0 aliphatic heterocycles. The number of rotatable bonds is 44. The Morgan fingerprint density at radius 3 is 0.875 bits per heavy atom. The maximum Gasteiger partial charge on any atom is 0.306 e. The van der Waals surface area contributed by atoms with Crippen molar-refractivity contribution in [2.24, 2.45) is 11.8 Å². The predicted octanol–water partition coefficient (Wildman–Crippen LogP) is 15.8. The number of hydrogen-bond donors (Lipinski definition) is 0. The third-order valence-corrected chi connectivity index (χ3v) is 11.2. The van der Waals surface area contributed by atoms with Gasteiger partial charge in [0, 0.05) is 19.3 Å². The Hall–Kier alpha value is -1.59. The Morgan fingerprint density at radius 2 is 0.589 bits per heavy atom. The van der Waals surface area contributed by atoms with Crippen molar-refractivity contribution in [3.05, 3.63) is 0 Å². The Balaban J connectivity index is 4.32. The average molecular weight is 793 g/mol. The molecule has 0 heterocycles. The molecule has 0 aromatic rings. The van der Waals surface area contributed by atoms with Crippen molar-refractivity contribution in [1.82, 2.24) is 0 Å². The van der Waals surface area contributed by atoms with E-state index in [0.717, 1.165) is 69.6 Å². The van der Waals surface area contributed by atoms with Crippen LogP contribution in [-0.4, -0.2) is 37.2 Å². The molecule has 0 spiro atoms. The fourth-order valence-corrected chi connectivity index (χ4v) is 7.46. The van der Waals surface area contributed by atoms with Crippen LogP contribution < -0.4 is 0 Å². The topological polar surface area (TPSA) is 78.9 Å². The van der Waals surface area contributed by atoms with Crippen molar-refractivity contribution < 1.29 is 28.6 Å². The molecular weight excluding hydrogens is 697 g/mol. The van der Waals surface area contributed by atoms with Gasteiger partial charge in [-0.15, -0.1) is 0 Å². The molecule has 0 amide bonds. The van der Waals surface area contributed by atoms with E-state index in [0.29, 0.717) is 19.3 Å². The highest BCUT2D eigenvalue weighted by atomic mass is 16.6. The van der Waals surface area contributed by atoms with Gasteiger partial charge in [-0.2, -0.15) is 0 Å². The van der Waals surface area contributed by atoms with Crippen LogP contribution in [0.25, 0.3) is 0 Å². The molecule has 0 saturated carbocycles. The molecule has 6 heteroatoms. The summed E-state index contributed by atoms with van der Waals surface area (Å²) in [6, 6.07) is 0. The summed E-state index contributed by atoms with van der Waals surface area (Å²) >= 11 is 0. The lowest BCUT2D eigenvalue weighted by Crippen LogP contribution is -2.30. The fraction of sp³-hybridized carbons (Fsp3) is 0.940. The molecular formula is C50H96O6. The van der Waals surface area contributed by atoms with Gasteiger partial charge in [0.05, 0.1) is 0 Å². The van der Waals surface area contributed by atoms with Gasteiger partial charge in [0.1, 0.15) is 13.2 Å². The molecule has 0 aliphatic carbocycles. The normalized spacial score (nSPS) is 12.1. The van der Waals surface area contributed by atoms with Crippen molar-refractivity contribution in [1.29, 1.82) is 0 Å². The van der Waals surface area contributed by atoms with Crippen molar-refractivity contribution in [2.75, 3.05) is 13.2 Å². The smallest absolute Gasteiger partial charge is 0.306 e. The minimum absolute atomic E-state index is 0.0642. The first-order valence-corrected chi connectivity index (χ1v) is 24.7. The van der Waals surface area contributed by atoms with Gasteiger partial charge in [-0.05, 0) is 31.1 Å². The van der Waals surface area contributed by atoms with Gasteiger partial charge in [-0.1, -0.05) is 234 Å². The first-order valence-electron chi connectivity index (χ1n) is 24.7. The van der Waals surface area contributed by atoms with Crippen LogP contribution in [-0.2, 0) is 28.6 Å². The number of carbonyl (C=O) groups excluding carboxylic acids is 3. The van der Waals surface area contributed by atoms with Gasteiger partial charge < -0.3 is 14.2 Å². The van der Waals surface area contributed by atoms with E-state index in [9.17, 15) is 14.4 Å². The zero-order chi connectivity index (χ0) is 41.2. The van der Waals surface area contributed by atoms with Crippen LogP contribution in [0.4, 0.5) is 0 Å². The second kappa shape index (κ2) is 43.0. The SMILES string of the molecule is CCCCCCCCCCCCCCC(=O)O[C@H](COC(=O)CCCCCCCCCCCCCC(C)C)COC(=O)CCCCCCCCCCCC(C)C. The molecule has 0 fully saturated rings. The lowest BCUT2D eigenvalue weighted by atomic mass is 10.0. The van der Waals surface area contributed by atoms with Crippen LogP contribution in [0.2, 0.25) is 0 Å². The van der Waals surface area contributed by atoms with E-state index in [1.54, 1.807) is 0 Å². The lowest BCUT2D eigenvalue weighted by molar-refractivity contribution is -0.167. The van der Waals surface area contributed by atoms with Crippen LogP contribution in [0.15, 0.2) is 0 Å². The molecule has 1 atom stereocenters. The molecule has 332 valence electrons. The maximum atomic E-state index is 12.7. The van der Waals surface area contributed by atoms with Crippen molar-refractivity contribution in [3.63, 3.8) is 0 Å². The van der Waals surface area contributed by atoms with Gasteiger partial charge in [0.15, 0.2) is 6.10 Å². The standard InChI is InChI=1S/C50H96O6/c1-6-7-8-9-10-11-12-15-21-27-32-37-42-50(53)56-47(44-55-49(52)41-36-31-26-22-17-19-24-29-34-39-46(4)5)43-54-48(51)40-35-30-25-20-16-13-14-18-23-28-33-38-45(2)3/h45-47H,6-44H2,1-5H3/t47-/m1/s1. The van der Waals surface area contributed by atoms with Crippen LogP contribution >= 0.6 is 0 Å². The van der Waals surface area contributed by atoms with E-state index in [-0.39, 0.29) is 31.1 Å². The quantitative estimate of drug-likeness (QED) is 0.0347. The van der Waals surface area contributed by atoms with E-state index in [1.165, 1.54) is 161 Å². The van der Waals surface area contributed by atoms with Gasteiger partial charge in [0.25, 0.3) is 0 Å². The third-order valence-electron chi connectivity index (χ3n) is 11.2. The average Bonchev–Trinajstić information content (AvgIpc) is 3.16. The largest absolute Gasteiger partial charge is 0.462 e. The lowest BCUT2D eigenvalue weighted by Gasteiger charge is -2.18. The summed E-state index contributed by atoms with van der Waals surface area (Å²) < 4.78 is 16.8. The predicted molar refractivity (Wildman–Crippen MR) is 238 cm³/mol. The molecule has 0 rings (SSSR count). The highest BCUT2D eigenvalue weighted by molar-refractivity contribution is 5.71. The van der Waals surface area contributed by atoms with Crippen LogP contribution in [0.5, 0.6) is 0 Å². The van der Waals surface area contributed by atoms with Crippen LogP contribution in [0.3, 0.4) is 0 Å². The Bertz CT molecular complexity index is 854. The Morgan fingerprint density at radius 1 is 0.339 bits per heavy atom. The summed E-state index contributed by atoms with van der Waals surface area (Å²) in [5.74, 6) is 0.783. The van der Waals surface area contributed by atoms with E-state index in [2.05, 4.69) is 34.6 Å². The molecule has 0 bridgehead atoms. The summed E-state index contributed by atoms with van der Waals surface area (Å²) in [5, 5.41) is 0. The van der Waals surface area contributed by atoms with Crippen molar-refractivity contribution in [3.8, 4) is 0 Å². The van der Waals surface area contributed by atoms with Crippen molar-refractivity contribution in [2.45, 2.75) is 278 Å². The number of unbranched alkanes of at least 4 members (excludes halogenated alkanes) is 29. The molecule has 6 nitrogen and oxygen atoms in total. The van der Waals surface area contributed by atoms with Gasteiger partial charge in [0.2, 0.25) is 0 Å². The molecule has 56 heavy (non-hydrogen) atoms. The Kier molecular flexibility index (Phi) is 41.8. The zero-order valence-corrected chi connectivity index (χ0v) is 38.3. The summed E-state index contributed by atoms with van der Waals surface area (Å²) in [6.07, 6.45) is 42.3. The number of ether oxygens (including phenoxy) is 3. The maximum absolute atomic E-state index is 12.7. The molecule has 0 saturated heterocycles. The second-order valence-corrected chi connectivity index (χ2v) is 18.1. The van der Waals surface area contributed by atoms with Gasteiger partial charge in [-0.25, -0.2) is 0 Å². The molecule has 0 N–H and O–H groups in total. The third kappa shape index (κ3) is 43.5. The molecule has 0 aliphatic rings. The van der Waals surface area contributed by atoms with E-state index in [4.69, 9.17) is 14.2 Å². The van der Waals surface area contributed by atoms with Gasteiger partial charge >= 0.3 is 17.9 Å². The van der Waals surface area contributed by atoms with Gasteiger partial charge in [-0.3, -0.25) is 14.4 Å². The number of hydrogen-bond acceptors (Lipinski definition) is 6. The molecule has 0 aromatic carbocycles. The molecule has 0 unspecified atom stereocenters. The Labute approximate surface area is 348 Å². The van der Waals surface area contributed by atoms with E-state index >= 15 is 0 Å². The highest BCUT2D eigenvalue weighted by Gasteiger charge is 2.19. The molecule has 0 aromatic heterocycles. The minimum Gasteiger partial charge on any atom is -0.462 e.